The first-order valence-electron chi connectivity index (χ1n) is 23.4. The third kappa shape index (κ3) is 9.37. The van der Waals surface area contributed by atoms with Crippen molar-refractivity contribution in [3.63, 3.8) is 0 Å². The molecule has 4 aliphatic heterocycles. The second-order valence-electron chi connectivity index (χ2n) is 19.7. The Morgan fingerprint density at radius 1 is 0.576 bits per heavy atom. The number of carbonyl (C=O) groups excluding carboxylic acids is 2. The van der Waals surface area contributed by atoms with Gasteiger partial charge in [-0.25, -0.2) is 9.97 Å². The third-order valence-electron chi connectivity index (χ3n) is 13.3. The van der Waals surface area contributed by atoms with Crippen LogP contribution < -0.4 is 9.47 Å². The second kappa shape index (κ2) is 17.9. The van der Waals surface area contributed by atoms with E-state index in [9.17, 15) is 9.59 Å². The van der Waals surface area contributed by atoms with Crippen LogP contribution in [0.4, 0.5) is 0 Å². The highest BCUT2D eigenvalue weighted by atomic mass is 16.5. The van der Waals surface area contributed by atoms with Crippen molar-refractivity contribution in [2.24, 2.45) is 0 Å². The number of aryl methyl sites for hydroxylation is 4. The summed E-state index contributed by atoms with van der Waals surface area (Å²) in [6.07, 6.45) is 17.0. The molecule has 340 valence electrons. The zero-order valence-electron chi connectivity index (χ0n) is 39.7. The predicted molar refractivity (Wildman–Crippen MR) is 261 cm³/mol. The summed E-state index contributed by atoms with van der Waals surface area (Å²) in [4.78, 5) is 40.0. The number of carbonyl (C=O) groups is 2. The minimum Gasteiger partial charge on any atom is -0.487 e. The molecule has 0 saturated carbocycles. The number of hydrogen-bond donors (Lipinski definition) is 0. The summed E-state index contributed by atoms with van der Waals surface area (Å²) < 4.78 is 16.5. The Morgan fingerprint density at radius 2 is 0.985 bits per heavy atom. The quantitative estimate of drug-likeness (QED) is 0.155. The molecule has 0 N–H and O–H groups in total. The van der Waals surface area contributed by atoms with Gasteiger partial charge in [-0.3, -0.25) is 9.59 Å². The van der Waals surface area contributed by atoms with Gasteiger partial charge in [0, 0.05) is 72.0 Å². The number of fused-ring (bicyclic) bond motifs is 2. The molecule has 66 heavy (non-hydrogen) atoms. The highest BCUT2D eigenvalue weighted by Crippen LogP contribution is 2.45. The highest BCUT2D eigenvalue weighted by Gasteiger charge is 2.41. The number of para-hydroxylation sites is 2. The van der Waals surface area contributed by atoms with Crippen molar-refractivity contribution in [3.05, 3.63) is 166 Å². The van der Waals surface area contributed by atoms with Crippen molar-refractivity contribution in [1.29, 1.82) is 0 Å². The number of benzene rings is 4. The van der Waals surface area contributed by atoms with E-state index in [1.54, 1.807) is 0 Å². The van der Waals surface area contributed by atoms with Crippen LogP contribution in [-0.2, 0) is 9.59 Å². The Kier molecular flexibility index (Phi) is 12.1. The van der Waals surface area contributed by atoms with Crippen LogP contribution in [-0.4, -0.2) is 65.0 Å². The van der Waals surface area contributed by atoms with Gasteiger partial charge < -0.3 is 28.4 Å². The number of amides is 2. The monoisotopic (exact) mass is 882 g/mol. The van der Waals surface area contributed by atoms with E-state index in [1.807, 2.05) is 84.4 Å². The summed E-state index contributed by atoms with van der Waals surface area (Å²) in [6, 6.07) is 29.0. The molecule has 0 spiro atoms. The maximum atomic E-state index is 13.6. The summed E-state index contributed by atoms with van der Waals surface area (Å²) in [7, 11) is 0. The van der Waals surface area contributed by atoms with E-state index < -0.39 is 0 Å². The first-order valence-corrected chi connectivity index (χ1v) is 23.4. The fourth-order valence-electron chi connectivity index (χ4n) is 10.2. The van der Waals surface area contributed by atoms with Gasteiger partial charge in [-0.1, -0.05) is 48.5 Å². The van der Waals surface area contributed by atoms with Gasteiger partial charge in [0.25, 0.3) is 0 Å². The molecule has 0 bridgehead atoms. The molecular weight excluding hydrogens is 821 g/mol. The third-order valence-corrected chi connectivity index (χ3v) is 13.3. The molecule has 4 aromatic carbocycles. The molecule has 4 aliphatic rings. The van der Waals surface area contributed by atoms with Gasteiger partial charge >= 0.3 is 0 Å². The summed E-state index contributed by atoms with van der Waals surface area (Å²) in [5, 5.41) is 0. The molecule has 2 aromatic heterocycles. The fraction of sp³-hybridized carbons (Fsp3) is 0.357. The number of aromatic nitrogens is 4. The molecule has 10 heteroatoms. The zero-order chi connectivity index (χ0) is 46.3. The van der Waals surface area contributed by atoms with Crippen LogP contribution in [0, 0.1) is 27.7 Å². The van der Waals surface area contributed by atoms with Crippen LogP contribution in [0.15, 0.2) is 121 Å². The number of nitrogens with zero attached hydrogens (tertiary/aromatic N) is 6. The van der Waals surface area contributed by atoms with E-state index in [4.69, 9.17) is 9.47 Å². The average Bonchev–Trinajstić information content (AvgIpc) is 3.91. The number of piperidine rings is 2. The summed E-state index contributed by atoms with van der Waals surface area (Å²) in [5.74, 6) is 2.07. The highest BCUT2D eigenvalue weighted by molar-refractivity contribution is 5.99. The van der Waals surface area contributed by atoms with Gasteiger partial charge in [-0.05, 0) is 152 Å². The second-order valence-corrected chi connectivity index (χ2v) is 19.7. The number of hydrogen-bond acceptors (Lipinski definition) is 6. The first-order chi connectivity index (χ1) is 31.6. The Bertz CT molecular complexity index is 2670. The predicted octanol–water partition coefficient (Wildman–Crippen LogP) is 11.6. The van der Waals surface area contributed by atoms with E-state index >= 15 is 0 Å². The SMILES string of the molecule is Cc1cn(-c2ccc(/C=C3\CCCN([C@@H]4CC(C)(C)Oc5ccccc54)C3=O)cc2C)cn1.Cc1cn(-c2ccc(/C=C3\CCCN([C@H]4CC(C)(C)Oc5ccccc54)C3=O)cc2C)cn1. The minimum atomic E-state index is -0.306. The molecule has 2 atom stereocenters. The molecule has 10 rings (SSSR count). The van der Waals surface area contributed by atoms with Gasteiger partial charge in [0.2, 0.25) is 11.8 Å². The fourth-order valence-corrected chi connectivity index (χ4v) is 10.2. The van der Waals surface area contributed by atoms with E-state index in [1.165, 1.54) is 0 Å². The molecule has 0 radical (unpaired) electrons. The molecule has 6 aromatic rings. The lowest BCUT2D eigenvalue weighted by molar-refractivity contribution is -0.133. The molecule has 0 unspecified atom stereocenters. The van der Waals surface area contributed by atoms with Crippen LogP contribution in [0.1, 0.15) is 123 Å². The maximum Gasteiger partial charge on any atom is 0.250 e. The topological polar surface area (TPSA) is 94.7 Å². The minimum absolute atomic E-state index is 0.0368. The smallest absolute Gasteiger partial charge is 0.250 e. The first kappa shape index (κ1) is 44.5. The standard InChI is InChI=1S/2C28H31N3O2/c2*1-19-14-21(11-12-24(19)30-17-20(2)29-18-30)15-22-8-7-13-31(27(22)32)25-16-28(3,4)33-26-10-6-5-9-23(25)26/h2*5-6,9-12,14-15,17-18,25H,7-8,13,16H2,1-4H3/b2*22-15+/t2*25-/m10/s1. The molecule has 10 nitrogen and oxygen atoms in total. The molecule has 2 saturated heterocycles. The van der Waals surface area contributed by atoms with Crippen molar-refractivity contribution >= 4 is 24.0 Å². The summed E-state index contributed by atoms with van der Waals surface area (Å²) in [6.45, 7) is 18.2. The molecule has 2 fully saturated rings. The van der Waals surface area contributed by atoms with E-state index in [0.29, 0.717) is 0 Å². The van der Waals surface area contributed by atoms with Crippen molar-refractivity contribution in [2.45, 2.75) is 117 Å². The lowest BCUT2D eigenvalue weighted by atomic mass is 9.87. The number of rotatable bonds is 6. The number of likely N-dealkylation sites (tertiary alicyclic amines) is 2. The normalized spacial score (nSPS) is 21.1. The van der Waals surface area contributed by atoms with Crippen LogP contribution >= 0.6 is 0 Å². The Hall–Kier alpha value is -6.68. The lowest BCUT2D eigenvalue weighted by Crippen LogP contribution is -2.46. The maximum absolute atomic E-state index is 13.6. The molecule has 2 amide bonds. The Balaban J connectivity index is 0.000000166. The van der Waals surface area contributed by atoms with E-state index in [0.717, 1.165) is 130 Å². The van der Waals surface area contributed by atoms with Crippen LogP contribution in [0.2, 0.25) is 0 Å². The van der Waals surface area contributed by atoms with E-state index in [2.05, 4.69) is 122 Å². The van der Waals surface area contributed by atoms with Gasteiger partial charge in [0.1, 0.15) is 22.7 Å². The van der Waals surface area contributed by atoms with Gasteiger partial charge in [-0.15, -0.1) is 0 Å². The van der Waals surface area contributed by atoms with Crippen molar-refractivity contribution in [1.82, 2.24) is 28.9 Å². The van der Waals surface area contributed by atoms with Crippen LogP contribution in [0.25, 0.3) is 23.5 Å². The van der Waals surface area contributed by atoms with Gasteiger partial charge in [-0.2, -0.15) is 0 Å². The van der Waals surface area contributed by atoms with Gasteiger partial charge in [0.05, 0.1) is 36.1 Å². The average molecular weight is 883 g/mol. The Morgan fingerprint density at radius 3 is 1.36 bits per heavy atom. The molecule has 6 heterocycles. The van der Waals surface area contributed by atoms with E-state index in [-0.39, 0.29) is 35.1 Å². The Labute approximate surface area is 389 Å². The number of imidazole rings is 2. The van der Waals surface area contributed by atoms with Crippen LogP contribution in [0.3, 0.4) is 0 Å². The van der Waals surface area contributed by atoms with Gasteiger partial charge in [0.15, 0.2) is 0 Å². The van der Waals surface area contributed by atoms with Crippen molar-refractivity contribution in [3.8, 4) is 22.9 Å². The molecule has 0 aliphatic carbocycles. The zero-order valence-corrected chi connectivity index (χ0v) is 39.7. The number of ether oxygens (including phenoxy) is 2. The molecular formula is C56H62N6O4. The van der Waals surface area contributed by atoms with Crippen molar-refractivity contribution in [2.75, 3.05) is 13.1 Å². The van der Waals surface area contributed by atoms with Crippen molar-refractivity contribution < 1.29 is 19.1 Å². The summed E-state index contributed by atoms with van der Waals surface area (Å²) in [5.41, 5.74) is 12.0. The lowest BCUT2D eigenvalue weighted by Gasteiger charge is -2.44. The summed E-state index contributed by atoms with van der Waals surface area (Å²) >= 11 is 0. The van der Waals surface area contributed by atoms with Crippen LogP contribution in [0.5, 0.6) is 11.5 Å². The largest absolute Gasteiger partial charge is 0.487 e.